The molecule has 0 aliphatic carbocycles. The van der Waals surface area contributed by atoms with Gasteiger partial charge >= 0.3 is 0 Å². The van der Waals surface area contributed by atoms with E-state index in [-0.39, 0.29) is 11.8 Å². The number of rotatable bonds is 4. The molecule has 1 saturated heterocycles. The monoisotopic (exact) mass is 355 g/mol. The first-order valence-electron chi connectivity index (χ1n) is 8.84. The van der Waals surface area contributed by atoms with Crippen LogP contribution in [0.3, 0.4) is 0 Å². The fourth-order valence-electron chi connectivity index (χ4n) is 3.31. The van der Waals surface area contributed by atoms with Crippen LogP contribution in [0.15, 0.2) is 30.3 Å². The van der Waals surface area contributed by atoms with Crippen LogP contribution >= 0.6 is 0 Å². The van der Waals surface area contributed by atoms with Crippen LogP contribution < -0.4 is 4.74 Å². The molecule has 0 saturated carbocycles. The summed E-state index contributed by atoms with van der Waals surface area (Å²) in [4.78, 5) is 32.0. The predicted octanol–water partition coefficient (Wildman–Crippen LogP) is 2.17. The number of H-pyrrole nitrogens is 1. The minimum atomic E-state index is 0.0362. The van der Waals surface area contributed by atoms with Gasteiger partial charge in [-0.15, -0.1) is 0 Å². The summed E-state index contributed by atoms with van der Waals surface area (Å²) in [6, 6.07) is 9.43. The summed E-state index contributed by atoms with van der Waals surface area (Å²) < 4.78 is 5.14. The fraction of sp³-hybridized carbons (Fsp3) is 0.400. The Hall–Kier alpha value is -2.76. The van der Waals surface area contributed by atoms with Gasteiger partial charge in [-0.1, -0.05) is 12.1 Å². The van der Waals surface area contributed by atoms with Gasteiger partial charge in [0.05, 0.1) is 19.1 Å². The van der Waals surface area contributed by atoms with E-state index in [1.807, 2.05) is 54.0 Å². The van der Waals surface area contributed by atoms with Gasteiger partial charge in [0.2, 0.25) is 5.91 Å². The third kappa shape index (κ3) is 3.90. The SMILES string of the molecule is COc1ccc(CC(=O)N2CCN(C(=O)c3cc(C)[nH]c3C)CC2)cc1. The molecule has 2 aromatic rings. The number of benzene rings is 1. The van der Waals surface area contributed by atoms with Crippen LogP contribution in [0.4, 0.5) is 0 Å². The molecular formula is C20H25N3O3. The Kier molecular flexibility index (Phi) is 5.30. The number of hydrogen-bond acceptors (Lipinski definition) is 3. The highest BCUT2D eigenvalue weighted by molar-refractivity contribution is 5.95. The summed E-state index contributed by atoms with van der Waals surface area (Å²) in [5.41, 5.74) is 3.57. The zero-order chi connectivity index (χ0) is 18.7. The van der Waals surface area contributed by atoms with Crippen molar-refractivity contribution < 1.29 is 14.3 Å². The van der Waals surface area contributed by atoms with E-state index in [9.17, 15) is 9.59 Å². The van der Waals surface area contributed by atoms with Crippen molar-refractivity contribution >= 4 is 11.8 Å². The average Bonchev–Trinajstić information content (AvgIpc) is 3.00. The van der Waals surface area contributed by atoms with Gasteiger partial charge in [-0.3, -0.25) is 9.59 Å². The van der Waals surface area contributed by atoms with E-state index in [1.165, 1.54) is 0 Å². The topological polar surface area (TPSA) is 65.6 Å². The highest BCUT2D eigenvalue weighted by Gasteiger charge is 2.26. The molecule has 1 N–H and O–H groups in total. The quantitative estimate of drug-likeness (QED) is 0.914. The first kappa shape index (κ1) is 18.0. The normalized spacial score (nSPS) is 14.4. The molecule has 0 radical (unpaired) electrons. The number of amides is 2. The third-order valence-electron chi connectivity index (χ3n) is 4.81. The summed E-state index contributed by atoms with van der Waals surface area (Å²) >= 11 is 0. The van der Waals surface area contributed by atoms with Gasteiger partial charge in [0.1, 0.15) is 5.75 Å². The summed E-state index contributed by atoms with van der Waals surface area (Å²) in [5.74, 6) is 0.911. The lowest BCUT2D eigenvalue weighted by atomic mass is 10.1. The Morgan fingerprint density at radius 3 is 2.19 bits per heavy atom. The number of ether oxygens (including phenoxy) is 1. The number of carbonyl (C=O) groups is 2. The first-order chi connectivity index (χ1) is 12.5. The molecule has 1 aliphatic rings. The fourth-order valence-corrected chi connectivity index (χ4v) is 3.31. The van der Waals surface area contributed by atoms with Crippen molar-refractivity contribution in [2.45, 2.75) is 20.3 Å². The molecule has 138 valence electrons. The predicted molar refractivity (Wildman–Crippen MR) is 99.4 cm³/mol. The van der Waals surface area contributed by atoms with Crippen LogP contribution in [-0.2, 0) is 11.2 Å². The van der Waals surface area contributed by atoms with Gasteiger partial charge in [0.15, 0.2) is 0 Å². The second-order valence-electron chi connectivity index (χ2n) is 6.69. The molecule has 26 heavy (non-hydrogen) atoms. The standard InChI is InChI=1S/C20H25N3O3/c1-14-12-18(15(2)21-14)20(25)23-10-8-22(9-11-23)19(24)13-16-4-6-17(26-3)7-5-16/h4-7,12,21H,8-11,13H2,1-3H3. The highest BCUT2D eigenvalue weighted by Crippen LogP contribution is 2.16. The van der Waals surface area contributed by atoms with E-state index in [0.717, 1.165) is 28.3 Å². The molecule has 2 amide bonds. The van der Waals surface area contributed by atoms with Gasteiger partial charge in [-0.2, -0.15) is 0 Å². The van der Waals surface area contributed by atoms with Gasteiger partial charge in [0.25, 0.3) is 5.91 Å². The van der Waals surface area contributed by atoms with Gasteiger partial charge in [-0.25, -0.2) is 0 Å². The number of aryl methyl sites for hydroxylation is 2. The van der Waals surface area contributed by atoms with Crippen LogP contribution in [0.5, 0.6) is 5.75 Å². The Bertz CT molecular complexity index is 787. The van der Waals surface area contributed by atoms with Crippen molar-refractivity contribution in [2.24, 2.45) is 0 Å². The first-order valence-corrected chi connectivity index (χ1v) is 8.84. The minimum Gasteiger partial charge on any atom is -0.497 e. The van der Waals surface area contributed by atoms with Crippen LogP contribution in [0, 0.1) is 13.8 Å². The Morgan fingerprint density at radius 2 is 1.65 bits per heavy atom. The molecule has 0 atom stereocenters. The summed E-state index contributed by atoms with van der Waals surface area (Å²) in [6.45, 7) is 6.13. The van der Waals surface area contributed by atoms with Crippen molar-refractivity contribution in [3.8, 4) is 5.75 Å². The maximum Gasteiger partial charge on any atom is 0.255 e. The lowest BCUT2D eigenvalue weighted by Gasteiger charge is -2.35. The Labute approximate surface area is 153 Å². The van der Waals surface area contributed by atoms with E-state index in [1.54, 1.807) is 7.11 Å². The average molecular weight is 355 g/mol. The van der Waals surface area contributed by atoms with Gasteiger partial charge in [-0.05, 0) is 37.6 Å². The number of hydrogen-bond donors (Lipinski definition) is 1. The smallest absolute Gasteiger partial charge is 0.255 e. The summed E-state index contributed by atoms with van der Waals surface area (Å²) in [5, 5.41) is 0. The molecule has 3 rings (SSSR count). The van der Waals surface area contributed by atoms with E-state index in [0.29, 0.717) is 32.6 Å². The molecule has 0 spiro atoms. The number of methoxy groups -OCH3 is 1. The van der Waals surface area contributed by atoms with Crippen LogP contribution in [0.2, 0.25) is 0 Å². The maximum atomic E-state index is 12.7. The van der Waals surface area contributed by atoms with Crippen LogP contribution in [-0.4, -0.2) is 59.9 Å². The lowest BCUT2D eigenvalue weighted by molar-refractivity contribution is -0.131. The molecule has 0 unspecified atom stereocenters. The molecule has 6 nitrogen and oxygen atoms in total. The van der Waals surface area contributed by atoms with E-state index in [4.69, 9.17) is 4.74 Å². The molecular weight excluding hydrogens is 330 g/mol. The largest absolute Gasteiger partial charge is 0.497 e. The van der Waals surface area contributed by atoms with E-state index in [2.05, 4.69) is 4.98 Å². The molecule has 0 bridgehead atoms. The van der Waals surface area contributed by atoms with E-state index < -0.39 is 0 Å². The molecule has 1 fully saturated rings. The van der Waals surface area contributed by atoms with Gasteiger partial charge in [0, 0.05) is 37.6 Å². The van der Waals surface area contributed by atoms with Crippen molar-refractivity contribution in [1.82, 2.24) is 14.8 Å². The summed E-state index contributed by atoms with van der Waals surface area (Å²) in [6.07, 6.45) is 0.369. The van der Waals surface area contributed by atoms with Crippen molar-refractivity contribution in [2.75, 3.05) is 33.3 Å². The van der Waals surface area contributed by atoms with Crippen LogP contribution in [0.1, 0.15) is 27.3 Å². The number of nitrogens with one attached hydrogen (secondary N) is 1. The number of piperazine rings is 1. The second-order valence-corrected chi connectivity index (χ2v) is 6.69. The zero-order valence-corrected chi connectivity index (χ0v) is 15.5. The zero-order valence-electron chi connectivity index (χ0n) is 15.5. The molecule has 6 heteroatoms. The number of carbonyl (C=O) groups excluding carboxylic acids is 2. The van der Waals surface area contributed by atoms with E-state index >= 15 is 0 Å². The minimum absolute atomic E-state index is 0.0362. The van der Waals surface area contributed by atoms with Crippen molar-refractivity contribution in [3.05, 3.63) is 52.8 Å². The molecule has 1 aromatic carbocycles. The Balaban J connectivity index is 1.55. The summed E-state index contributed by atoms with van der Waals surface area (Å²) in [7, 11) is 1.62. The number of aromatic amines is 1. The molecule has 2 heterocycles. The van der Waals surface area contributed by atoms with Crippen molar-refractivity contribution in [1.29, 1.82) is 0 Å². The molecule has 1 aromatic heterocycles. The maximum absolute atomic E-state index is 12.7. The van der Waals surface area contributed by atoms with Gasteiger partial charge < -0.3 is 19.5 Å². The number of nitrogens with zero attached hydrogens (tertiary/aromatic N) is 2. The lowest BCUT2D eigenvalue weighted by Crippen LogP contribution is -2.51. The highest BCUT2D eigenvalue weighted by atomic mass is 16.5. The Morgan fingerprint density at radius 1 is 1.04 bits per heavy atom. The number of aromatic nitrogens is 1. The van der Waals surface area contributed by atoms with Crippen molar-refractivity contribution in [3.63, 3.8) is 0 Å². The third-order valence-corrected chi connectivity index (χ3v) is 4.81. The van der Waals surface area contributed by atoms with Crippen LogP contribution in [0.25, 0.3) is 0 Å². The second kappa shape index (κ2) is 7.64. The molecule has 1 aliphatic heterocycles.